The molecule has 1 aliphatic rings. The Morgan fingerprint density at radius 3 is 2.70 bits per heavy atom. The van der Waals surface area contributed by atoms with Crippen LogP contribution in [0.3, 0.4) is 0 Å². The molecule has 1 saturated heterocycles. The van der Waals surface area contributed by atoms with Crippen LogP contribution in [-0.4, -0.2) is 43.8 Å². The molecule has 0 radical (unpaired) electrons. The largest absolute Gasteiger partial charge is 0.378 e. The van der Waals surface area contributed by atoms with E-state index < -0.39 is 0 Å². The van der Waals surface area contributed by atoms with Crippen LogP contribution in [0, 0.1) is 0 Å². The van der Waals surface area contributed by atoms with Crippen LogP contribution >= 0.6 is 0 Å². The molecule has 112 valence electrons. The van der Waals surface area contributed by atoms with E-state index in [1.165, 1.54) is 11.1 Å². The molecule has 0 bridgehead atoms. The van der Waals surface area contributed by atoms with Gasteiger partial charge in [0.15, 0.2) is 0 Å². The highest BCUT2D eigenvalue weighted by molar-refractivity contribution is 5.24. The SMILES string of the molecule is CCNCC1COCCN1Cc1ccc(C(C)C)cc1. The highest BCUT2D eigenvalue weighted by Crippen LogP contribution is 2.17. The third kappa shape index (κ3) is 4.30. The van der Waals surface area contributed by atoms with E-state index in [-0.39, 0.29) is 0 Å². The number of benzene rings is 1. The van der Waals surface area contributed by atoms with Crippen LogP contribution in [0.15, 0.2) is 24.3 Å². The average molecular weight is 276 g/mol. The van der Waals surface area contributed by atoms with Gasteiger partial charge in [-0.3, -0.25) is 4.90 Å². The zero-order valence-electron chi connectivity index (χ0n) is 13.1. The molecule has 0 aliphatic carbocycles. The second-order valence-electron chi connectivity index (χ2n) is 5.90. The molecule has 1 unspecified atom stereocenters. The quantitative estimate of drug-likeness (QED) is 0.864. The van der Waals surface area contributed by atoms with Crippen molar-refractivity contribution in [3.8, 4) is 0 Å². The Morgan fingerprint density at radius 1 is 1.30 bits per heavy atom. The molecule has 1 N–H and O–H groups in total. The number of hydrogen-bond acceptors (Lipinski definition) is 3. The summed E-state index contributed by atoms with van der Waals surface area (Å²) in [6.07, 6.45) is 0. The van der Waals surface area contributed by atoms with Crippen LogP contribution in [-0.2, 0) is 11.3 Å². The molecule has 1 fully saturated rings. The Morgan fingerprint density at radius 2 is 2.05 bits per heavy atom. The second-order valence-corrected chi connectivity index (χ2v) is 5.90. The smallest absolute Gasteiger partial charge is 0.0635 e. The molecule has 3 heteroatoms. The number of likely N-dealkylation sites (N-methyl/N-ethyl adjacent to an activating group) is 1. The third-order valence-corrected chi connectivity index (χ3v) is 4.01. The third-order valence-electron chi connectivity index (χ3n) is 4.01. The van der Waals surface area contributed by atoms with Crippen molar-refractivity contribution in [2.45, 2.75) is 39.3 Å². The first-order chi connectivity index (χ1) is 9.70. The first-order valence-electron chi connectivity index (χ1n) is 7.82. The van der Waals surface area contributed by atoms with Crippen molar-refractivity contribution >= 4 is 0 Å². The van der Waals surface area contributed by atoms with Crippen molar-refractivity contribution in [2.24, 2.45) is 0 Å². The fraction of sp³-hybridized carbons (Fsp3) is 0.647. The summed E-state index contributed by atoms with van der Waals surface area (Å²) in [7, 11) is 0. The highest BCUT2D eigenvalue weighted by Gasteiger charge is 2.22. The summed E-state index contributed by atoms with van der Waals surface area (Å²) in [6, 6.07) is 9.57. The van der Waals surface area contributed by atoms with Crippen LogP contribution in [0.25, 0.3) is 0 Å². The number of morpholine rings is 1. The van der Waals surface area contributed by atoms with Crippen molar-refractivity contribution in [1.82, 2.24) is 10.2 Å². The fourth-order valence-corrected chi connectivity index (χ4v) is 2.64. The first-order valence-corrected chi connectivity index (χ1v) is 7.82. The van der Waals surface area contributed by atoms with E-state index >= 15 is 0 Å². The molecular formula is C17H28N2O. The van der Waals surface area contributed by atoms with Gasteiger partial charge >= 0.3 is 0 Å². The molecule has 0 amide bonds. The Balaban J connectivity index is 1.95. The molecule has 1 aromatic rings. The van der Waals surface area contributed by atoms with Crippen LogP contribution in [0.2, 0.25) is 0 Å². The molecule has 0 aromatic heterocycles. The minimum atomic E-state index is 0.494. The van der Waals surface area contributed by atoms with E-state index in [1.807, 2.05) is 0 Å². The van der Waals surface area contributed by atoms with Gasteiger partial charge in [0.05, 0.1) is 13.2 Å². The van der Waals surface area contributed by atoms with Crippen LogP contribution in [0.1, 0.15) is 37.8 Å². The summed E-state index contributed by atoms with van der Waals surface area (Å²) in [4.78, 5) is 2.54. The summed E-state index contributed by atoms with van der Waals surface area (Å²) >= 11 is 0. The van der Waals surface area contributed by atoms with E-state index in [1.54, 1.807) is 0 Å². The first kappa shape index (κ1) is 15.5. The fourth-order valence-electron chi connectivity index (χ4n) is 2.64. The Hall–Kier alpha value is -0.900. The lowest BCUT2D eigenvalue weighted by atomic mass is 10.0. The van der Waals surface area contributed by atoms with Crippen molar-refractivity contribution in [2.75, 3.05) is 32.8 Å². The molecule has 2 rings (SSSR count). The van der Waals surface area contributed by atoms with Crippen molar-refractivity contribution < 1.29 is 4.74 Å². The van der Waals surface area contributed by atoms with E-state index in [0.29, 0.717) is 12.0 Å². The molecule has 1 aromatic carbocycles. The zero-order chi connectivity index (χ0) is 14.4. The lowest BCUT2D eigenvalue weighted by Gasteiger charge is -2.35. The van der Waals surface area contributed by atoms with Gasteiger partial charge in [0, 0.05) is 25.7 Å². The van der Waals surface area contributed by atoms with Gasteiger partial charge in [-0.05, 0) is 23.6 Å². The summed E-state index contributed by atoms with van der Waals surface area (Å²) in [5.41, 5.74) is 2.82. The van der Waals surface area contributed by atoms with Crippen molar-refractivity contribution in [3.63, 3.8) is 0 Å². The van der Waals surface area contributed by atoms with Crippen LogP contribution in [0.5, 0.6) is 0 Å². The predicted octanol–water partition coefficient (Wildman–Crippen LogP) is 2.62. The van der Waals surface area contributed by atoms with E-state index in [4.69, 9.17) is 4.74 Å². The van der Waals surface area contributed by atoms with Crippen molar-refractivity contribution in [3.05, 3.63) is 35.4 Å². The summed E-state index contributed by atoms with van der Waals surface area (Å²) in [6.45, 7) is 12.4. The van der Waals surface area contributed by atoms with Gasteiger partial charge in [-0.25, -0.2) is 0 Å². The maximum absolute atomic E-state index is 5.62. The number of rotatable bonds is 6. The molecular weight excluding hydrogens is 248 g/mol. The molecule has 3 nitrogen and oxygen atoms in total. The molecule has 1 atom stereocenters. The molecule has 1 heterocycles. The number of ether oxygens (including phenoxy) is 1. The van der Waals surface area contributed by atoms with Gasteiger partial charge in [0.1, 0.15) is 0 Å². The predicted molar refractivity (Wildman–Crippen MR) is 84.1 cm³/mol. The van der Waals surface area contributed by atoms with Gasteiger partial charge in [-0.2, -0.15) is 0 Å². The number of nitrogens with zero attached hydrogens (tertiary/aromatic N) is 1. The number of nitrogens with one attached hydrogen (secondary N) is 1. The molecule has 20 heavy (non-hydrogen) atoms. The minimum Gasteiger partial charge on any atom is -0.378 e. The van der Waals surface area contributed by atoms with E-state index in [2.05, 4.69) is 55.3 Å². The van der Waals surface area contributed by atoms with Gasteiger partial charge in [0.2, 0.25) is 0 Å². The normalized spacial score (nSPS) is 20.5. The van der Waals surface area contributed by atoms with Crippen LogP contribution < -0.4 is 5.32 Å². The van der Waals surface area contributed by atoms with Gasteiger partial charge < -0.3 is 10.1 Å². The monoisotopic (exact) mass is 276 g/mol. The van der Waals surface area contributed by atoms with E-state index in [0.717, 1.165) is 39.4 Å². The molecule has 1 aliphatic heterocycles. The maximum atomic E-state index is 5.62. The highest BCUT2D eigenvalue weighted by atomic mass is 16.5. The minimum absolute atomic E-state index is 0.494. The second kappa shape index (κ2) is 7.77. The van der Waals surface area contributed by atoms with Gasteiger partial charge in [-0.1, -0.05) is 45.0 Å². The van der Waals surface area contributed by atoms with E-state index in [9.17, 15) is 0 Å². The standard InChI is InChI=1S/C17H28N2O/c1-4-18-11-17-13-20-10-9-19(17)12-15-5-7-16(8-6-15)14(2)3/h5-8,14,17-18H,4,9-13H2,1-3H3. The lowest BCUT2D eigenvalue weighted by molar-refractivity contribution is -0.0107. The maximum Gasteiger partial charge on any atom is 0.0635 e. The Bertz CT molecular complexity index is 388. The summed E-state index contributed by atoms with van der Waals surface area (Å²) < 4.78 is 5.62. The van der Waals surface area contributed by atoms with Crippen LogP contribution in [0.4, 0.5) is 0 Å². The van der Waals surface area contributed by atoms with Gasteiger partial charge in [-0.15, -0.1) is 0 Å². The Kier molecular flexibility index (Phi) is 6.02. The summed E-state index contributed by atoms with van der Waals surface area (Å²) in [5.74, 6) is 0.605. The summed E-state index contributed by atoms with van der Waals surface area (Å²) in [5, 5.41) is 3.44. The molecule has 0 spiro atoms. The Labute approximate surface area is 123 Å². The molecule has 0 saturated carbocycles. The van der Waals surface area contributed by atoms with Gasteiger partial charge in [0.25, 0.3) is 0 Å². The average Bonchev–Trinajstić information content (AvgIpc) is 2.47. The zero-order valence-corrected chi connectivity index (χ0v) is 13.1. The van der Waals surface area contributed by atoms with Crippen molar-refractivity contribution in [1.29, 1.82) is 0 Å². The lowest BCUT2D eigenvalue weighted by Crippen LogP contribution is -2.49. The number of hydrogen-bond donors (Lipinski definition) is 1. The topological polar surface area (TPSA) is 24.5 Å².